The summed E-state index contributed by atoms with van der Waals surface area (Å²) < 4.78 is 44.5. The summed E-state index contributed by atoms with van der Waals surface area (Å²) >= 11 is 0. The molecule has 5 nitrogen and oxygen atoms in total. The van der Waals surface area contributed by atoms with E-state index in [-0.39, 0.29) is 36.5 Å². The maximum Gasteiger partial charge on any atom is 0.416 e. The van der Waals surface area contributed by atoms with Crippen molar-refractivity contribution in [2.45, 2.75) is 25.1 Å². The normalized spacial score (nSPS) is 21.5. The predicted molar refractivity (Wildman–Crippen MR) is 99.3 cm³/mol. The highest BCUT2D eigenvalue weighted by molar-refractivity contribution is 6.00. The molecule has 0 saturated carbocycles. The average Bonchev–Trinajstić information content (AvgIpc) is 3.10. The molecule has 1 saturated heterocycles. The Bertz CT molecular complexity index is 945. The third-order valence-electron chi connectivity index (χ3n) is 5.26. The van der Waals surface area contributed by atoms with Crippen molar-refractivity contribution in [2.24, 2.45) is 5.92 Å². The number of carbonyl (C=O) groups excluding carboxylic acids is 2. The minimum Gasteiger partial charge on any atom is -0.493 e. The first kappa shape index (κ1) is 19.3. The van der Waals surface area contributed by atoms with E-state index in [0.717, 1.165) is 23.4 Å². The van der Waals surface area contributed by atoms with Gasteiger partial charge in [-0.15, -0.1) is 0 Å². The SMILES string of the molecule is O=C(NC1CCOc2ccccc21)C1CC(=O)N(c2cccc(C(F)(F)F)c2)C1. The molecule has 2 heterocycles. The number of amides is 2. The van der Waals surface area contributed by atoms with Crippen LogP contribution in [-0.4, -0.2) is 25.0 Å². The Hall–Kier alpha value is -3.03. The lowest BCUT2D eigenvalue weighted by molar-refractivity contribution is -0.137. The van der Waals surface area contributed by atoms with Crippen LogP contribution in [0.15, 0.2) is 48.5 Å². The fourth-order valence-electron chi connectivity index (χ4n) is 3.76. The van der Waals surface area contributed by atoms with Crippen LogP contribution in [0.25, 0.3) is 0 Å². The second kappa shape index (κ2) is 7.42. The van der Waals surface area contributed by atoms with Gasteiger partial charge in [0.15, 0.2) is 0 Å². The maximum atomic E-state index is 13.0. The zero-order valence-electron chi connectivity index (χ0n) is 15.4. The van der Waals surface area contributed by atoms with Crippen molar-refractivity contribution in [3.05, 3.63) is 59.7 Å². The van der Waals surface area contributed by atoms with Crippen LogP contribution >= 0.6 is 0 Å². The number of carbonyl (C=O) groups is 2. The highest BCUT2D eigenvalue weighted by Gasteiger charge is 2.38. The number of para-hydroxylation sites is 1. The van der Waals surface area contributed by atoms with E-state index >= 15 is 0 Å². The molecule has 1 fully saturated rings. The number of rotatable bonds is 3. The van der Waals surface area contributed by atoms with Crippen molar-refractivity contribution in [3.63, 3.8) is 0 Å². The van der Waals surface area contributed by atoms with Crippen LogP contribution < -0.4 is 15.0 Å². The molecule has 8 heteroatoms. The van der Waals surface area contributed by atoms with E-state index in [0.29, 0.717) is 13.0 Å². The molecule has 2 aromatic carbocycles. The van der Waals surface area contributed by atoms with Gasteiger partial charge in [-0.05, 0) is 24.3 Å². The second-order valence-corrected chi connectivity index (χ2v) is 7.19. The molecule has 0 aliphatic carbocycles. The first-order chi connectivity index (χ1) is 13.8. The molecule has 2 unspecified atom stereocenters. The van der Waals surface area contributed by atoms with Crippen LogP contribution in [0.4, 0.5) is 18.9 Å². The molecule has 29 heavy (non-hydrogen) atoms. The molecule has 2 aromatic rings. The number of halogens is 3. The smallest absolute Gasteiger partial charge is 0.416 e. The van der Waals surface area contributed by atoms with Crippen LogP contribution in [0.2, 0.25) is 0 Å². The quantitative estimate of drug-likeness (QED) is 0.849. The van der Waals surface area contributed by atoms with Crippen molar-refractivity contribution in [2.75, 3.05) is 18.1 Å². The molecular weight excluding hydrogens is 385 g/mol. The summed E-state index contributed by atoms with van der Waals surface area (Å²) in [4.78, 5) is 26.4. The Morgan fingerprint density at radius 3 is 2.72 bits per heavy atom. The Morgan fingerprint density at radius 1 is 1.14 bits per heavy atom. The summed E-state index contributed by atoms with van der Waals surface area (Å²) in [6, 6.07) is 11.8. The summed E-state index contributed by atoms with van der Waals surface area (Å²) in [5.74, 6) is -0.546. The van der Waals surface area contributed by atoms with Crippen LogP contribution in [0.1, 0.15) is 30.0 Å². The third kappa shape index (κ3) is 3.92. The van der Waals surface area contributed by atoms with Gasteiger partial charge < -0.3 is 15.0 Å². The summed E-state index contributed by atoms with van der Waals surface area (Å²) in [5.41, 5.74) is 0.206. The van der Waals surface area contributed by atoms with Gasteiger partial charge in [-0.3, -0.25) is 9.59 Å². The van der Waals surface area contributed by atoms with Crippen molar-refractivity contribution < 1.29 is 27.5 Å². The topological polar surface area (TPSA) is 58.6 Å². The van der Waals surface area contributed by atoms with Gasteiger partial charge in [0.2, 0.25) is 11.8 Å². The summed E-state index contributed by atoms with van der Waals surface area (Å²) in [6.45, 7) is 0.527. The molecule has 0 radical (unpaired) electrons. The van der Waals surface area contributed by atoms with E-state index < -0.39 is 17.7 Å². The Morgan fingerprint density at radius 2 is 1.93 bits per heavy atom. The first-order valence-electron chi connectivity index (χ1n) is 9.32. The number of ether oxygens (including phenoxy) is 1. The van der Waals surface area contributed by atoms with E-state index in [1.54, 1.807) is 0 Å². The molecule has 0 spiro atoms. The molecule has 152 valence electrons. The van der Waals surface area contributed by atoms with Crippen molar-refractivity contribution >= 4 is 17.5 Å². The monoisotopic (exact) mass is 404 g/mol. The molecule has 2 aliphatic rings. The minimum absolute atomic E-state index is 0.0348. The fourth-order valence-corrected chi connectivity index (χ4v) is 3.76. The van der Waals surface area contributed by atoms with E-state index in [2.05, 4.69) is 5.32 Å². The number of nitrogens with one attached hydrogen (secondary N) is 1. The molecule has 2 amide bonds. The number of fused-ring (bicyclic) bond motifs is 1. The van der Waals surface area contributed by atoms with E-state index in [9.17, 15) is 22.8 Å². The van der Waals surface area contributed by atoms with Gasteiger partial charge in [0.25, 0.3) is 0 Å². The maximum absolute atomic E-state index is 13.0. The number of nitrogens with zero attached hydrogens (tertiary/aromatic N) is 1. The van der Waals surface area contributed by atoms with Crippen LogP contribution in [-0.2, 0) is 15.8 Å². The Balaban J connectivity index is 1.47. The zero-order valence-corrected chi connectivity index (χ0v) is 15.4. The van der Waals surface area contributed by atoms with Gasteiger partial charge in [0.05, 0.1) is 24.1 Å². The highest BCUT2D eigenvalue weighted by Crippen LogP contribution is 2.35. The summed E-state index contributed by atoms with van der Waals surface area (Å²) in [7, 11) is 0. The largest absolute Gasteiger partial charge is 0.493 e. The molecule has 2 aliphatic heterocycles. The van der Waals surface area contributed by atoms with Gasteiger partial charge in [-0.2, -0.15) is 13.2 Å². The fraction of sp³-hybridized carbons (Fsp3) is 0.333. The molecule has 2 atom stereocenters. The average molecular weight is 404 g/mol. The summed E-state index contributed by atoms with van der Waals surface area (Å²) in [5, 5.41) is 2.97. The summed E-state index contributed by atoms with van der Waals surface area (Å²) in [6.07, 6.45) is -3.92. The van der Waals surface area contributed by atoms with Crippen LogP contribution in [0, 0.1) is 5.92 Å². The lowest BCUT2D eigenvalue weighted by Crippen LogP contribution is -2.37. The van der Waals surface area contributed by atoms with Crippen LogP contribution in [0.3, 0.4) is 0 Å². The Labute approximate surface area is 165 Å². The van der Waals surface area contributed by atoms with Gasteiger partial charge in [-0.25, -0.2) is 0 Å². The minimum atomic E-state index is -4.49. The Kier molecular flexibility index (Phi) is 4.94. The van der Waals surface area contributed by atoms with Crippen molar-refractivity contribution in [1.82, 2.24) is 5.32 Å². The van der Waals surface area contributed by atoms with Gasteiger partial charge in [-0.1, -0.05) is 24.3 Å². The lowest BCUT2D eigenvalue weighted by Gasteiger charge is -2.27. The van der Waals surface area contributed by atoms with Gasteiger partial charge in [0.1, 0.15) is 5.75 Å². The van der Waals surface area contributed by atoms with E-state index in [1.807, 2.05) is 24.3 Å². The first-order valence-corrected chi connectivity index (χ1v) is 9.32. The lowest BCUT2D eigenvalue weighted by atomic mass is 9.99. The molecule has 0 bridgehead atoms. The zero-order chi connectivity index (χ0) is 20.6. The number of hydrogen-bond donors (Lipinski definition) is 1. The van der Waals surface area contributed by atoms with Gasteiger partial charge >= 0.3 is 6.18 Å². The highest BCUT2D eigenvalue weighted by atomic mass is 19.4. The second-order valence-electron chi connectivity index (χ2n) is 7.19. The molecule has 1 N–H and O–H groups in total. The molecule has 0 aromatic heterocycles. The van der Waals surface area contributed by atoms with Crippen LogP contribution in [0.5, 0.6) is 5.75 Å². The van der Waals surface area contributed by atoms with E-state index in [4.69, 9.17) is 4.74 Å². The predicted octanol–water partition coefficient (Wildman–Crippen LogP) is 3.70. The molecular formula is C21H19F3N2O3. The standard InChI is InChI=1S/C21H19F3N2O3/c22-21(23,24)14-4-3-5-15(11-14)26-12-13(10-19(26)27)20(28)25-17-8-9-29-18-7-2-1-6-16(17)18/h1-7,11,13,17H,8-10,12H2,(H,25,28). The number of benzene rings is 2. The number of hydrogen-bond acceptors (Lipinski definition) is 3. The molecule has 4 rings (SSSR count). The number of alkyl halides is 3. The van der Waals surface area contributed by atoms with E-state index in [1.165, 1.54) is 17.0 Å². The van der Waals surface area contributed by atoms with Crippen molar-refractivity contribution in [3.8, 4) is 5.75 Å². The van der Waals surface area contributed by atoms with Gasteiger partial charge in [0, 0.05) is 30.6 Å². The van der Waals surface area contributed by atoms with Crippen molar-refractivity contribution in [1.29, 1.82) is 0 Å². The third-order valence-corrected chi connectivity index (χ3v) is 5.26. The number of anilines is 1.